The Morgan fingerprint density at radius 3 is 2.59 bits per heavy atom. The van der Waals surface area contributed by atoms with Crippen LogP contribution in [0, 0.1) is 5.82 Å². The predicted molar refractivity (Wildman–Crippen MR) is 72.6 cm³/mol. The summed E-state index contributed by atoms with van der Waals surface area (Å²) in [7, 11) is 0. The molecule has 0 aromatic heterocycles. The number of halogens is 2. The van der Waals surface area contributed by atoms with Gasteiger partial charge in [-0.1, -0.05) is 40.2 Å². The molecule has 1 unspecified atom stereocenters. The highest BCUT2D eigenvalue weighted by molar-refractivity contribution is 9.10. The van der Waals surface area contributed by atoms with Crippen LogP contribution >= 0.6 is 15.9 Å². The maximum absolute atomic E-state index is 13.6. The molecule has 0 heterocycles. The van der Waals surface area contributed by atoms with Gasteiger partial charge in [-0.25, -0.2) is 4.39 Å². The summed E-state index contributed by atoms with van der Waals surface area (Å²) >= 11 is 3.41. The highest BCUT2D eigenvalue weighted by Crippen LogP contribution is 2.23. The average molecular weight is 294 g/mol. The first-order chi connectivity index (χ1) is 8.16. The molecule has 3 heteroatoms. The van der Waals surface area contributed by atoms with Crippen LogP contribution in [-0.4, -0.2) is 0 Å². The summed E-state index contributed by atoms with van der Waals surface area (Å²) in [5.41, 5.74) is 1.64. The van der Waals surface area contributed by atoms with E-state index >= 15 is 0 Å². The Morgan fingerprint density at radius 1 is 1.12 bits per heavy atom. The first-order valence-electron chi connectivity index (χ1n) is 5.43. The van der Waals surface area contributed by atoms with E-state index in [1.54, 1.807) is 12.1 Å². The van der Waals surface area contributed by atoms with Crippen molar-refractivity contribution < 1.29 is 4.39 Å². The number of hydrogen-bond acceptors (Lipinski definition) is 1. The second-order valence-electron chi connectivity index (χ2n) is 3.90. The summed E-state index contributed by atoms with van der Waals surface area (Å²) < 4.78 is 14.6. The fraction of sp³-hybridized carbons (Fsp3) is 0.143. The van der Waals surface area contributed by atoms with Gasteiger partial charge in [0.25, 0.3) is 0 Å². The van der Waals surface area contributed by atoms with Crippen LogP contribution in [-0.2, 0) is 0 Å². The Bertz CT molecular complexity index is 513. The van der Waals surface area contributed by atoms with Gasteiger partial charge in [0, 0.05) is 15.7 Å². The fourth-order valence-electron chi connectivity index (χ4n) is 1.73. The molecule has 17 heavy (non-hydrogen) atoms. The number of anilines is 1. The normalized spacial score (nSPS) is 12.2. The van der Waals surface area contributed by atoms with E-state index in [4.69, 9.17) is 0 Å². The van der Waals surface area contributed by atoms with E-state index in [-0.39, 0.29) is 11.9 Å². The van der Waals surface area contributed by atoms with Gasteiger partial charge in [0.15, 0.2) is 0 Å². The Morgan fingerprint density at radius 2 is 1.88 bits per heavy atom. The molecule has 0 spiro atoms. The van der Waals surface area contributed by atoms with Crippen molar-refractivity contribution in [3.05, 3.63) is 64.4 Å². The summed E-state index contributed by atoms with van der Waals surface area (Å²) in [5, 5.41) is 3.27. The molecular weight excluding hydrogens is 281 g/mol. The zero-order valence-electron chi connectivity index (χ0n) is 9.45. The predicted octanol–water partition coefficient (Wildman–Crippen LogP) is 4.76. The molecule has 0 aliphatic carbocycles. The minimum atomic E-state index is -0.178. The monoisotopic (exact) mass is 293 g/mol. The molecule has 0 aliphatic rings. The maximum atomic E-state index is 13.6. The lowest BCUT2D eigenvalue weighted by atomic mass is 10.1. The van der Waals surface area contributed by atoms with Crippen LogP contribution in [0.2, 0.25) is 0 Å². The van der Waals surface area contributed by atoms with Crippen molar-refractivity contribution in [2.45, 2.75) is 13.0 Å². The zero-order valence-corrected chi connectivity index (χ0v) is 11.0. The van der Waals surface area contributed by atoms with Crippen LogP contribution in [0.3, 0.4) is 0 Å². The van der Waals surface area contributed by atoms with Crippen LogP contribution in [0.15, 0.2) is 53.0 Å². The van der Waals surface area contributed by atoms with Gasteiger partial charge < -0.3 is 5.32 Å². The number of benzene rings is 2. The van der Waals surface area contributed by atoms with Crippen LogP contribution < -0.4 is 5.32 Å². The van der Waals surface area contributed by atoms with E-state index < -0.39 is 0 Å². The van der Waals surface area contributed by atoms with Crippen molar-refractivity contribution in [2.24, 2.45) is 0 Å². The summed E-state index contributed by atoms with van der Waals surface area (Å²) in [4.78, 5) is 0. The van der Waals surface area contributed by atoms with E-state index in [0.717, 1.165) is 10.2 Å². The molecule has 0 saturated carbocycles. The van der Waals surface area contributed by atoms with Crippen LogP contribution in [0.4, 0.5) is 10.1 Å². The van der Waals surface area contributed by atoms with E-state index in [1.165, 1.54) is 6.07 Å². The lowest BCUT2D eigenvalue weighted by Crippen LogP contribution is -2.08. The van der Waals surface area contributed by atoms with Gasteiger partial charge in [0.05, 0.1) is 6.04 Å². The van der Waals surface area contributed by atoms with E-state index in [1.807, 2.05) is 37.3 Å². The van der Waals surface area contributed by atoms with Gasteiger partial charge in [-0.3, -0.25) is 0 Å². The Kier molecular flexibility index (Phi) is 3.79. The standard InChI is InChI=1S/C14H13BrFN/c1-10(13-7-2-3-8-14(13)16)17-12-6-4-5-11(15)9-12/h2-10,17H,1H3. The topological polar surface area (TPSA) is 12.0 Å². The Labute approximate surface area is 109 Å². The highest BCUT2D eigenvalue weighted by atomic mass is 79.9. The van der Waals surface area contributed by atoms with Gasteiger partial charge in [-0.2, -0.15) is 0 Å². The minimum absolute atomic E-state index is 0.0644. The van der Waals surface area contributed by atoms with Crippen molar-refractivity contribution in [3.63, 3.8) is 0 Å². The largest absolute Gasteiger partial charge is 0.378 e. The van der Waals surface area contributed by atoms with Gasteiger partial charge in [-0.15, -0.1) is 0 Å². The molecular formula is C14H13BrFN. The molecule has 1 N–H and O–H groups in total. The van der Waals surface area contributed by atoms with Gasteiger partial charge in [0.1, 0.15) is 5.82 Å². The fourth-order valence-corrected chi connectivity index (χ4v) is 2.13. The van der Waals surface area contributed by atoms with Crippen LogP contribution in [0.25, 0.3) is 0 Å². The highest BCUT2D eigenvalue weighted by Gasteiger charge is 2.09. The lowest BCUT2D eigenvalue weighted by Gasteiger charge is -2.16. The molecule has 0 saturated heterocycles. The van der Waals surface area contributed by atoms with E-state index in [2.05, 4.69) is 21.2 Å². The maximum Gasteiger partial charge on any atom is 0.128 e. The minimum Gasteiger partial charge on any atom is -0.378 e. The Hall–Kier alpha value is -1.35. The molecule has 0 fully saturated rings. The van der Waals surface area contributed by atoms with Crippen LogP contribution in [0.5, 0.6) is 0 Å². The number of rotatable bonds is 3. The Balaban J connectivity index is 2.17. The summed E-state index contributed by atoms with van der Waals surface area (Å²) in [6.07, 6.45) is 0. The second-order valence-corrected chi connectivity index (χ2v) is 4.81. The summed E-state index contributed by atoms with van der Waals surface area (Å²) in [6.45, 7) is 1.94. The third-order valence-corrected chi connectivity index (χ3v) is 3.07. The second kappa shape index (κ2) is 5.32. The zero-order chi connectivity index (χ0) is 12.3. The SMILES string of the molecule is CC(Nc1cccc(Br)c1)c1ccccc1F. The van der Waals surface area contributed by atoms with E-state index in [9.17, 15) is 4.39 Å². The first kappa shape index (κ1) is 12.1. The van der Waals surface area contributed by atoms with Crippen molar-refractivity contribution in [3.8, 4) is 0 Å². The average Bonchev–Trinajstić information content (AvgIpc) is 2.29. The van der Waals surface area contributed by atoms with Crippen molar-refractivity contribution in [1.29, 1.82) is 0 Å². The summed E-state index contributed by atoms with van der Waals surface area (Å²) in [5.74, 6) is -0.178. The van der Waals surface area contributed by atoms with E-state index in [0.29, 0.717) is 5.56 Å². The molecule has 0 amide bonds. The smallest absolute Gasteiger partial charge is 0.128 e. The van der Waals surface area contributed by atoms with Crippen LogP contribution in [0.1, 0.15) is 18.5 Å². The van der Waals surface area contributed by atoms with Crippen molar-refractivity contribution in [1.82, 2.24) is 0 Å². The number of nitrogens with one attached hydrogen (secondary N) is 1. The molecule has 2 aromatic carbocycles. The molecule has 88 valence electrons. The molecule has 1 atom stereocenters. The molecule has 0 aliphatic heterocycles. The molecule has 2 rings (SSSR count). The lowest BCUT2D eigenvalue weighted by molar-refractivity contribution is 0.600. The molecule has 0 radical (unpaired) electrons. The summed E-state index contributed by atoms with van der Waals surface area (Å²) in [6, 6.07) is 14.6. The molecule has 1 nitrogen and oxygen atoms in total. The third kappa shape index (κ3) is 3.07. The van der Waals surface area contributed by atoms with Crippen molar-refractivity contribution >= 4 is 21.6 Å². The quantitative estimate of drug-likeness (QED) is 0.860. The van der Waals surface area contributed by atoms with Gasteiger partial charge in [-0.05, 0) is 31.2 Å². The van der Waals surface area contributed by atoms with Crippen molar-refractivity contribution in [2.75, 3.05) is 5.32 Å². The number of hydrogen-bond donors (Lipinski definition) is 1. The first-order valence-corrected chi connectivity index (χ1v) is 6.22. The van der Waals surface area contributed by atoms with Gasteiger partial charge in [0.2, 0.25) is 0 Å². The molecule has 2 aromatic rings. The molecule has 0 bridgehead atoms. The van der Waals surface area contributed by atoms with Gasteiger partial charge >= 0.3 is 0 Å². The third-order valence-electron chi connectivity index (χ3n) is 2.58.